The smallest absolute Gasteiger partial charge is 0.0702 e. The van der Waals surface area contributed by atoms with E-state index in [0.717, 1.165) is 5.69 Å². The molecule has 1 aromatic heterocycles. The maximum Gasteiger partial charge on any atom is 0.0702 e. The van der Waals surface area contributed by atoms with Gasteiger partial charge in [-0.2, -0.15) is 0 Å². The Kier molecular flexibility index (Phi) is 2.78. The summed E-state index contributed by atoms with van der Waals surface area (Å²) in [6, 6.07) is 14.6. The van der Waals surface area contributed by atoms with Crippen LogP contribution in [0.2, 0.25) is 0 Å². The minimum Gasteiger partial charge on any atom is -0.256 e. The van der Waals surface area contributed by atoms with Crippen molar-refractivity contribution >= 4 is 0 Å². The second kappa shape index (κ2) is 4.09. The molecule has 0 atom stereocenters. The van der Waals surface area contributed by atoms with Crippen molar-refractivity contribution in [2.75, 3.05) is 0 Å². The fourth-order valence-electron chi connectivity index (χ4n) is 1.68. The van der Waals surface area contributed by atoms with Gasteiger partial charge in [-0.3, -0.25) is 4.98 Å². The summed E-state index contributed by atoms with van der Waals surface area (Å²) in [6.45, 7) is 6.68. The largest absolute Gasteiger partial charge is 0.256 e. The Balaban J connectivity index is 2.45. The van der Waals surface area contributed by atoms with Crippen LogP contribution in [0.3, 0.4) is 0 Å². The summed E-state index contributed by atoms with van der Waals surface area (Å²) in [6.07, 6.45) is 1.83. The third-order valence-electron chi connectivity index (χ3n) is 2.69. The molecule has 1 heterocycles. The predicted octanol–water partition coefficient (Wildman–Crippen LogP) is 4.05. The molecular formula is C15H17N. The first-order chi connectivity index (χ1) is 7.57. The molecule has 0 amide bonds. The molecule has 1 nitrogen and oxygen atoms in total. The second-order valence-corrected chi connectivity index (χ2v) is 5.05. The molecule has 0 fully saturated rings. The molecule has 2 aromatic rings. The third kappa shape index (κ3) is 2.30. The number of aromatic nitrogens is 1. The fourth-order valence-corrected chi connectivity index (χ4v) is 1.68. The van der Waals surface area contributed by atoms with Crippen LogP contribution in [0.5, 0.6) is 0 Å². The molecule has 0 unspecified atom stereocenters. The fraction of sp³-hybridized carbons (Fsp3) is 0.267. The standard InChI is InChI=1S/C15H17N/c1-15(2,3)13-8-6-7-12(11-13)14-9-4-5-10-16-14/h4-11H,1-3H3. The van der Waals surface area contributed by atoms with E-state index in [-0.39, 0.29) is 5.41 Å². The topological polar surface area (TPSA) is 12.9 Å². The van der Waals surface area contributed by atoms with Crippen molar-refractivity contribution in [1.82, 2.24) is 4.98 Å². The highest BCUT2D eigenvalue weighted by Crippen LogP contribution is 2.26. The first kappa shape index (κ1) is 10.9. The molecule has 0 radical (unpaired) electrons. The monoisotopic (exact) mass is 211 g/mol. The van der Waals surface area contributed by atoms with Crippen LogP contribution in [0.4, 0.5) is 0 Å². The summed E-state index contributed by atoms with van der Waals surface area (Å²) in [4.78, 5) is 4.37. The van der Waals surface area contributed by atoms with E-state index in [1.54, 1.807) is 0 Å². The van der Waals surface area contributed by atoms with Gasteiger partial charge in [0.25, 0.3) is 0 Å². The van der Waals surface area contributed by atoms with E-state index in [4.69, 9.17) is 0 Å². The van der Waals surface area contributed by atoms with E-state index >= 15 is 0 Å². The van der Waals surface area contributed by atoms with E-state index in [9.17, 15) is 0 Å². The van der Waals surface area contributed by atoms with Gasteiger partial charge in [0.05, 0.1) is 5.69 Å². The predicted molar refractivity (Wildman–Crippen MR) is 68.4 cm³/mol. The van der Waals surface area contributed by atoms with Crippen LogP contribution in [0.25, 0.3) is 11.3 Å². The molecule has 0 saturated heterocycles. The highest BCUT2D eigenvalue weighted by atomic mass is 14.7. The molecule has 16 heavy (non-hydrogen) atoms. The third-order valence-corrected chi connectivity index (χ3v) is 2.69. The number of nitrogens with zero attached hydrogens (tertiary/aromatic N) is 1. The Morgan fingerprint density at radius 2 is 1.75 bits per heavy atom. The van der Waals surface area contributed by atoms with Crippen molar-refractivity contribution in [2.45, 2.75) is 26.2 Å². The van der Waals surface area contributed by atoms with E-state index in [0.29, 0.717) is 0 Å². The minimum absolute atomic E-state index is 0.185. The Morgan fingerprint density at radius 1 is 0.938 bits per heavy atom. The van der Waals surface area contributed by atoms with Gasteiger partial charge < -0.3 is 0 Å². The van der Waals surface area contributed by atoms with Crippen LogP contribution < -0.4 is 0 Å². The van der Waals surface area contributed by atoms with Gasteiger partial charge in [-0.1, -0.05) is 45.0 Å². The molecule has 2 rings (SSSR count). The molecule has 1 heteroatoms. The highest BCUT2D eigenvalue weighted by Gasteiger charge is 2.13. The molecule has 0 N–H and O–H groups in total. The van der Waals surface area contributed by atoms with Crippen molar-refractivity contribution in [3.63, 3.8) is 0 Å². The lowest BCUT2D eigenvalue weighted by Crippen LogP contribution is -2.10. The summed E-state index contributed by atoms with van der Waals surface area (Å²) >= 11 is 0. The Bertz CT molecular complexity index is 466. The summed E-state index contributed by atoms with van der Waals surface area (Å²) in [5.41, 5.74) is 3.75. The number of rotatable bonds is 1. The Hall–Kier alpha value is -1.63. The van der Waals surface area contributed by atoms with Gasteiger partial charge >= 0.3 is 0 Å². The number of hydrogen-bond acceptors (Lipinski definition) is 1. The normalized spacial score (nSPS) is 11.4. The lowest BCUT2D eigenvalue weighted by molar-refractivity contribution is 0.590. The SMILES string of the molecule is CC(C)(C)c1cccc(-c2ccccn2)c1. The van der Waals surface area contributed by atoms with Crippen molar-refractivity contribution in [2.24, 2.45) is 0 Å². The van der Waals surface area contributed by atoms with Crippen molar-refractivity contribution in [3.8, 4) is 11.3 Å². The average Bonchev–Trinajstić information content (AvgIpc) is 2.29. The van der Waals surface area contributed by atoms with Gasteiger partial charge in [0, 0.05) is 11.8 Å². The van der Waals surface area contributed by atoms with Crippen LogP contribution >= 0.6 is 0 Å². The van der Waals surface area contributed by atoms with Crippen LogP contribution in [-0.4, -0.2) is 4.98 Å². The van der Waals surface area contributed by atoms with E-state index in [2.05, 4.69) is 50.0 Å². The lowest BCUT2D eigenvalue weighted by atomic mass is 9.86. The van der Waals surface area contributed by atoms with Gasteiger partial charge in [0.1, 0.15) is 0 Å². The minimum atomic E-state index is 0.185. The molecule has 0 aliphatic heterocycles. The molecule has 0 aliphatic rings. The van der Waals surface area contributed by atoms with Gasteiger partial charge in [0.15, 0.2) is 0 Å². The van der Waals surface area contributed by atoms with Crippen LogP contribution in [0.15, 0.2) is 48.7 Å². The second-order valence-electron chi connectivity index (χ2n) is 5.05. The highest BCUT2D eigenvalue weighted by molar-refractivity contribution is 5.60. The molecule has 82 valence electrons. The van der Waals surface area contributed by atoms with Crippen LogP contribution in [-0.2, 0) is 5.41 Å². The van der Waals surface area contributed by atoms with E-state index < -0.39 is 0 Å². The molecule has 1 aromatic carbocycles. The Morgan fingerprint density at radius 3 is 2.38 bits per heavy atom. The molecule has 0 bridgehead atoms. The van der Waals surface area contributed by atoms with Gasteiger partial charge in [-0.05, 0) is 29.2 Å². The number of pyridine rings is 1. The first-order valence-corrected chi connectivity index (χ1v) is 5.59. The zero-order valence-electron chi connectivity index (χ0n) is 10.1. The van der Waals surface area contributed by atoms with Crippen LogP contribution in [0.1, 0.15) is 26.3 Å². The first-order valence-electron chi connectivity index (χ1n) is 5.59. The summed E-state index contributed by atoms with van der Waals surface area (Å²) in [7, 11) is 0. The zero-order chi connectivity index (χ0) is 11.6. The lowest BCUT2D eigenvalue weighted by Gasteiger charge is -2.19. The molecule has 0 aliphatic carbocycles. The number of hydrogen-bond donors (Lipinski definition) is 0. The van der Waals surface area contributed by atoms with E-state index in [1.807, 2.05) is 24.4 Å². The Labute approximate surface area is 97.2 Å². The van der Waals surface area contributed by atoms with Gasteiger partial charge in [-0.25, -0.2) is 0 Å². The van der Waals surface area contributed by atoms with E-state index in [1.165, 1.54) is 11.1 Å². The average molecular weight is 211 g/mol. The van der Waals surface area contributed by atoms with Crippen LogP contribution in [0, 0.1) is 0 Å². The maximum absolute atomic E-state index is 4.37. The van der Waals surface area contributed by atoms with Crippen molar-refractivity contribution < 1.29 is 0 Å². The van der Waals surface area contributed by atoms with Crippen molar-refractivity contribution in [1.29, 1.82) is 0 Å². The molecular weight excluding hydrogens is 194 g/mol. The summed E-state index contributed by atoms with van der Waals surface area (Å²) in [5.74, 6) is 0. The van der Waals surface area contributed by atoms with Gasteiger partial charge in [-0.15, -0.1) is 0 Å². The maximum atomic E-state index is 4.37. The zero-order valence-corrected chi connectivity index (χ0v) is 10.1. The van der Waals surface area contributed by atoms with Crippen molar-refractivity contribution in [3.05, 3.63) is 54.2 Å². The quantitative estimate of drug-likeness (QED) is 0.693. The number of benzene rings is 1. The summed E-state index contributed by atoms with van der Waals surface area (Å²) in [5, 5.41) is 0. The molecule has 0 spiro atoms. The van der Waals surface area contributed by atoms with Gasteiger partial charge in [0.2, 0.25) is 0 Å². The summed E-state index contributed by atoms with van der Waals surface area (Å²) < 4.78 is 0. The molecule has 0 saturated carbocycles.